The molecule has 0 saturated heterocycles. The van der Waals surface area contributed by atoms with Crippen LogP contribution >= 0.6 is 0 Å². The van der Waals surface area contributed by atoms with Crippen LogP contribution in [0.1, 0.15) is 0 Å². The quantitative estimate of drug-likeness (QED) is 0.121. The molecule has 7 aromatic carbocycles. The summed E-state index contributed by atoms with van der Waals surface area (Å²) in [6.45, 7) is 0. The van der Waals surface area contributed by atoms with Crippen molar-refractivity contribution in [2.45, 2.75) is 0 Å². The van der Waals surface area contributed by atoms with Gasteiger partial charge in [-0.1, -0.05) is 187 Å². The molecule has 0 aliphatic carbocycles. The van der Waals surface area contributed by atoms with Gasteiger partial charge in [0.1, 0.15) is 0 Å². The first-order chi connectivity index (χ1) is 35.7. The van der Waals surface area contributed by atoms with Gasteiger partial charge in [-0.2, -0.15) is 0 Å². The Hall–Kier alpha value is -9.06. The van der Waals surface area contributed by atoms with E-state index < -0.39 is 0 Å². The van der Waals surface area contributed by atoms with Gasteiger partial charge < -0.3 is 24.9 Å². The molecule has 12 rings (SSSR count). The van der Waals surface area contributed by atoms with Gasteiger partial charge in [-0.05, 0) is 132 Å². The number of hydrogen-bond donors (Lipinski definition) is 0. The van der Waals surface area contributed by atoms with Gasteiger partial charge in [0.2, 0.25) is 0 Å². The maximum Gasteiger partial charge on any atom is 3.00 e. The molecule has 0 unspecified atom stereocenters. The largest absolute Gasteiger partial charge is 3.00 e. The Morgan fingerprint density at radius 1 is 0.233 bits per heavy atom. The monoisotopic (exact) mass is 1110 g/mol. The molecule has 73 heavy (non-hydrogen) atoms. The van der Waals surface area contributed by atoms with Crippen molar-refractivity contribution in [1.29, 1.82) is 0 Å². The summed E-state index contributed by atoms with van der Waals surface area (Å²) >= 11 is 0. The molecule has 0 fully saturated rings. The molecule has 6 heteroatoms. The van der Waals surface area contributed by atoms with Crippen molar-refractivity contribution in [3.63, 3.8) is 0 Å². The van der Waals surface area contributed by atoms with E-state index in [1.54, 1.807) is 12.4 Å². The Bertz CT molecular complexity index is 3680. The summed E-state index contributed by atoms with van der Waals surface area (Å²) in [6, 6.07) is 88.6. The van der Waals surface area contributed by atoms with Crippen LogP contribution in [0.25, 0.3) is 123 Å². The molecule has 0 radical (unpaired) electrons. The maximum absolute atomic E-state index is 5.01. The minimum Gasteiger partial charge on any atom is -0.352 e. The fourth-order valence-electron chi connectivity index (χ4n) is 9.43. The standard InChI is InChI=1S/C67H42N5.Ir/c1-2-17-46(18-3-1)47-19-16-20-48(39-47)62-43-49(63-27-10-13-36-68-63)30-33-59(62)58-24-7-4-21-55(58)52-40-53(56-22-5-8-25-60(56)66-34-31-50(44-71-66)64-28-11-14-37-69-64)42-54(41-52)57-23-6-9-26-61(57)67-35-32-51(45-72-67)65-29-12-15-38-70-65;/h1-29,33-45H;/q-3;+3. The van der Waals surface area contributed by atoms with E-state index in [2.05, 4.69) is 186 Å². The van der Waals surface area contributed by atoms with Crippen LogP contribution in [0.4, 0.5) is 0 Å². The predicted molar refractivity (Wildman–Crippen MR) is 292 cm³/mol. The molecule has 5 nitrogen and oxygen atoms in total. The zero-order chi connectivity index (χ0) is 48.1. The zero-order valence-electron chi connectivity index (χ0n) is 39.3. The van der Waals surface area contributed by atoms with E-state index in [1.165, 1.54) is 0 Å². The average molecular weight is 1110 g/mol. The van der Waals surface area contributed by atoms with Crippen LogP contribution < -0.4 is 0 Å². The Balaban J connectivity index is 0.00000574. The van der Waals surface area contributed by atoms with E-state index in [9.17, 15) is 0 Å². The Morgan fingerprint density at radius 2 is 0.630 bits per heavy atom. The summed E-state index contributed by atoms with van der Waals surface area (Å²) in [7, 11) is 0. The van der Waals surface area contributed by atoms with E-state index in [0.717, 1.165) is 123 Å². The van der Waals surface area contributed by atoms with Gasteiger partial charge in [0.05, 0.1) is 0 Å². The van der Waals surface area contributed by atoms with Gasteiger partial charge in [0.25, 0.3) is 0 Å². The summed E-state index contributed by atoms with van der Waals surface area (Å²) < 4.78 is 0. The molecule has 0 aliphatic rings. The molecule has 0 spiro atoms. The van der Waals surface area contributed by atoms with Gasteiger partial charge in [0.15, 0.2) is 0 Å². The number of nitrogens with zero attached hydrogens (tertiary/aromatic N) is 5. The molecule has 5 heterocycles. The van der Waals surface area contributed by atoms with Crippen LogP contribution in [0.3, 0.4) is 0 Å². The molecule has 0 bridgehead atoms. The van der Waals surface area contributed by atoms with E-state index in [0.29, 0.717) is 0 Å². The van der Waals surface area contributed by atoms with E-state index in [1.807, 2.05) is 85.3 Å². The first-order valence-corrected chi connectivity index (χ1v) is 23.9. The fraction of sp³-hybridized carbons (Fsp3) is 0. The van der Waals surface area contributed by atoms with Crippen LogP contribution in [0, 0.1) is 18.2 Å². The van der Waals surface area contributed by atoms with Crippen molar-refractivity contribution < 1.29 is 20.1 Å². The van der Waals surface area contributed by atoms with Crippen molar-refractivity contribution >= 4 is 0 Å². The minimum atomic E-state index is 0. The Morgan fingerprint density at radius 3 is 1.11 bits per heavy atom. The number of hydrogen-bond acceptors (Lipinski definition) is 5. The van der Waals surface area contributed by atoms with Crippen molar-refractivity contribution in [3.8, 4) is 123 Å². The summed E-state index contributed by atoms with van der Waals surface area (Å²) in [5, 5.41) is 0. The van der Waals surface area contributed by atoms with E-state index >= 15 is 0 Å². The minimum absolute atomic E-state index is 0. The molecule has 0 saturated carbocycles. The molecule has 0 atom stereocenters. The second-order valence-corrected chi connectivity index (χ2v) is 17.4. The third-order valence-electron chi connectivity index (χ3n) is 12.9. The molecule has 0 aliphatic heterocycles. The summed E-state index contributed by atoms with van der Waals surface area (Å²) in [6.07, 6.45) is 9.13. The van der Waals surface area contributed by atoms with Crippen LogP contribution in [-0.2, 0) is 20.1 Å². The first-order valence-electron chi connectivity index (χ1n) is 23.9. The van der Waals surface area contributed by atoms with Crippen LogP contribution in [0.15, 0.2) is 255 Å². The van der Waals surface area contributed by atoms with Gasteiger partial charge in [-0.3, -0.25) is 0 Å². The van der Waals surface area contributed by atoms with Crippen molar-refractivity contribution in [3.05, 3.63) is 274 Å². The van der Waals surface area contributed by atoms with Crippen LogP contribution in [0.5, 0.6) is 0 Å². The fourth-order valence-corrected chi connectivity index (χ4v) is 9.43. The number of aromatic nitrogens is 5. The Kier molecular flexibility index (Phi) is 13.4. The SMILES string of the molecule is [Ir+3].[c-]1cc(-c2ccccc2-c2cc(-c3ccccc3-c3c[c-]c(-c4ccccn4)cn3)cc(-c3ccccc3-c3c[c-]c(-c4ccccn4)cc3-c3cccc(-c4ccccc4)c3)c2)ncc1-c1ccccn1. The summed E-state index contributed by atoms with van der Waals surface area (Å²) in [4.78, 5) is 23.8. The summed E-state index contributed by atoms with van der Waals surface area (Å²) in [5.41, 5.74) is 21.6. The van der Waals surface area contributed by atoms with E-state index in [4.69, 9.17) is 15.0 Å². The topological polar surface area (TPSA) is 64.5 Å². The predicted octanol–water partition coefficient (Wildman–Crippen LogP) is 16.4. The van der Waals surface area contributed by atoms with Crippen LogP contribution in [-0.4, -0.2) is 24.9 Å². The second-order valence-electron chi connectivity index (χ2n) is 17.4. The van der Waals surface area contributed by atoms with E-state index in [-0.39, 0.29) is 20.1 Å². The van der Waals surface area contributed by atoms with Crippen molar-refractivity contribution in [2.75, 3.05) is 0 Å². The van der Waals surface area contributed by atoms with Crippen LogP contribution in [0.2, 0.25) is 0 Å². The smallest absolute Gasteiger partial charge is 0.352 e. The van der Waals surface area contributed by atoms with Gasteiger partial charge in [0, 0.05) is 18.6 Å². The number of pyridine rings is 5. The average Bonchev–Trinajstić information content (AvgIpc) is 3.48. The normalized spacial score (nSPS) is 10.9. The third kappa shape index (κ3) is 9.74. The molecular formula is C67H42IrN5. The second kappa shape index (κ2) is 21.1. The molecule has 0 N–H and O–H groups in total. The maximum atomic E-state index is 5.01. The zero-order valence-corrected chi connectivity index (χ0v) is 41.7. The van der Waals surface area contributed by atoms with Gasteiger partial charge >= 0.3 is 20.1 Å². The van der Waals surface area contributed by atoms with Gasteiger partial charge in [-0.25, -0.2) is 0 Å². The molecule has 0 amide bonds. The first kappa shape index (κ1) is 46.3. The van der Waals surface area contributed by atoms with Gasteiger partial charge in [-0.15, -0.1) is 59.2 Å². The molecular weight excluding hydrogens is 1070 g/mol. The molecule has 5 aromatic heterocycles. The number of rotatable bonds is 11. The van der Waals surface area contributed by atoms with Crippen molar-refractivity contribution in [1.82, 2.24) is 24.9 Å². The van der Waals surface area contributed by atoms with Crippen molar-refractivity contribution in [2.24, 2.45) is 0 Å². The summed E-state index contributed by atoms with van der Waals surface area (Å²) in [5.74, 6) is 0. The third-order valence-corrected chi connectivity index (χ3v) is 12.9. The number of benzene rings is 7. The Labute approximate surface area is 439 Å². The molecule has 344 valence electrons. The molecule has 12 aromatic rings.